The van der Waals surface area contributed by atoms with Crippen molar-refractivity contribution in [2.45, 2.75) is 38.6 Å². The van der Waals surface area contributed by atoms with Crippen LogP contribution in [0.25, 0.3) is 5.57 Å². The second-order valence-corrected chi connectivity index (χ2v) is 8.43. The maximum Gasteiger partial charge on any atom is 0.0485 e. The molecule has 0 bridgehead atoms. The smallest absolute Gasteiger partial charge is 0.0485 e. The van der Waals surface area contributed by atoms with E-state index in [1.165, 1.54) is 33.4 Å². The monoisotopic (exact) mass is 367 g/mol. The first-order chi connectivity index (χ1) is 12.0. The maximum atomic E-state index is 4.47. The Morgan fingerprint density at radius 2 is 1.80 bits per heavy atom. The van der Waals surface area contributed by atoms with E-state index in [1.807, 2.05) is 6.07 Å². The standard InChI is InChI=1S/C22H26NPS/c1-14-5-7-18(11-20(14)21-13-24-10-9-15(21)2)17(4)23-22-12-19(25)8-6-16(22)3/h5-12,17,23-25H,13H2,1-4H3. The average molecular weight is 367 g/mol. The highest BCUT2D eigenvalue weighted by Gasteiger charge is 2.14. The van der Waals surface area contributed by atoms with E-state index in [9.17, 15) is 0 Å². The van der Waals surface area contributed by atoms with Crippen LogP contribution >= 0.6 is 21.2 Å². The minimum atomic E-state index is 0.246. The van der Waals surface area contributed by atoms with Crippen molar-refractivity contribution in [1.29, 1.82) is 0 Å². The number of allylic oxidation sites excluding steroid dienone is 3. The third kappa shape index (κ3) is 4.19. The predicted octanol–water partition coefficient (Wildman–Crippen LogP) is 6.74. The molecule has 1 aliphatic rings. The molecular formula is C22H26NPS. The molecule has 2 atom stereocenters. The molecule has 1 heterocycles. The summed E-state index contributed by atoms with van der Waals surface area (Å²) in [5.74, 6) is 2.30. The van der Waals surface area contributed by atoms with Crippen molar-refractivity contribution < 1.29 is 0 Å². The van der Waals surface area contributed by atoms with E-state index in [0.29, 0.717) is 0 Å². The number of benzene rings is 2. The SMILES string of the molecule is CC1=C(c2cc(C(C)Nc3cc(S)ccc3C)ccc2C)CPC=C1. The average Bonchev–Trinajstić information content (AvgIpc) is 2.59. The van der Waals surface area contributed by atoms with E-state index >= 15 is 0 Å². The van der Waals surface area contributed by atoms with Crippen LogP contribution < -0.4 is 5.32 Å². The quantitative estimate of drug-likeness (QED) is 0.450. The Hall–Kier alpha value is -1.50. The number of thiol groups is 1. The van der Waals surface area contributed by atoms with Gasteiger partial charge in [0.05, 0.1) is 0 Å². The predicted molar refractivity (Wildman–Crippen MR) is 117 cm³/mol. The fraction of sp³-hybridized carbons (Fsp3) is 0.273. The summed E-state index contributed by atoms with van der Waals surface area (Å²) in [6, 6.07) is 13.4. The van der Waals surface area contributed by atoms with Crippen LogP contribution in [0.1, 0.15) is 42.1 Å². The molecule has 1 nitrogen and oxygen atoms in total. The van der Waals surface area contributed by atoms with Crippen molar-refractivity contribution in [1.82, 2.24) is 0 Å². The van der Waals surface area contributed by atoms with Crippen LogP contribution in [0.4, 0.5) is 5.69 Å². The van der Waals surface area contributed by atoms with Crippen molar-refractivity contribution in [2.24, 2.45) is 0 Å². The fourth-order valence-electron chi connectivity index (χ4n) is 3.21. The van der Waals surface area contributed by atoms with E-state index in [1.54, 1.807) is 0 Å². The van der Waals surface area contributed by atoms with Crippen molar-refractivity contribution in [3.63, 3.8) is 0 Å². The Morgan fingerprint density at radius 1 is 1.04 bits per heavy atom. The molecular weight excluding hydrogens is 341 g/mol. The van der Waals surface area contributed by atoms with Crippen LogP contribution in [0.15, 0.2) is 58.8 Å². The minimum absolute atomic E-state index is 0.246. The molecule has 3 heteroatoms. The second-order valence-electron chi connectivity index (χ2n) is 6.82. The van der Waals surface area contributed by atoms with Crippen molar-refractivity contribution in [2.75, 3.05) is 11.5 Å². The van der Waals surface area contributed by atoms with Crippen LogP contribution in [-0.4, -0.2) is 6.16 Å². The Balaban J connectivity index is 1.91. The number of hydrogen-bond donors (Lipinski definition) is 2. The van der Waals surface area contributed by atoms with Crippen molar-refractivity contribution in [3.8, 4) is 0 Å². The largest absolute Gasteiger partial charge is 0.378 e. The van der Waals surface area contributed by atoms with Gasteiger partial charge >= 0.3 is 0 Å². The van der Waals surface area contributed by atoms with Gasteiger partial charge in [-0.15, -0.1) is 12.6 Å². The number of nitrogens with one attached hydrogen (secondary N) is 1. The molecule has 0 spiro atoms. The van der Waals surface area contributed by atoms with E-state index in [4.69, 9.17) is 0 Å². The topological polar surface area (TPSA) is 12.0 Å². The molecule has 1 N–H and O–H groups in total. The third-order valence-corrected chi connectivity index (χ3v) is 6.12. The summed E-state index contributed by atoms with van der Waals surface area (Å²) in [5, 5.41) is 3.65. The zero-order valence-electron chi connectivity index (χ0n) is 15.4. The fourth-order valence-corrected chi connectivity index (χ4v) is 4.57. The van der Waals surface area contributed by atoms with Gasteiger partial charge in [0.15, 0.2) is 0 Å². The molecule has 130 valence electrons. The van der Waals surface area contributed by atoms with Crippen LogP contribution in [0, 0.1) is 13.8 Å². The molecule has 2 aromatic carbocycles. The lowest BCUT2D eigenvalue weighted by atomic mass is 9.93. The van der Waals surface area contributed by atoms with Crippen molar-refractivity contribution >= 4 is 32.5 Å². The lowest BCUT2D eigenvalue weighted by molar-refractivity contribution is 0.880. The molecule has 0 amide bonds. The second kappa shape index (κ2) is 7.81. The zero-order chi connectivity index (χ0) is 18.0. The molecule has 0 aliphatic carbocycles. The summed E-state index contributed by atoms with van der Waals surface area (Å²) in [6.45, 7) is 8.80. The normalized spacial score (nSPS) is 16.4. The lowest BCUT2D eigenvalue weighted by Crippen LogP contribution is -2.09. The number of rotatable bonds is 4. The Kier molecular flexibility index (Phi) is 5.71. The van der Waals surface area contributed by atoms with Gasteiger partial charge in [-0.05, 0) is 85.5 Å². The third-order valence-electron chi connectivity index (χ3n) is 4.89. The molecule has 0 aromatic heterocycles. The van der Waals surface area contributed by atoms with E-state index in [2.05, 4.69) is 87.9 Å². The lowest BCUT2D eigenvalue weighted by Gasteiger charge is -2.21. The van der Waals surface area contributed by atoms with Crippen LogP contribution in [0.5, 0.6) is 0 Å². The molecule has 2 aromatic rings. The van der Waals surface area contributed by atoms with Gasteiger partial charge in [-0.2, -0.15) is 0 Å². The summed E-state index contributed by atoms with van der Waals surface area (Å²) in [5.41, 5.74) is 9.38. The van der Waals surface area contributed by atoms with E-state index in [0.717, 1.165) is 25.3 Å². The first-order valence-corrected chi connectivity index (χ1v) is 10.5. The van der Waals surface area contributed by atoms with Crippen LogP contribution in [0.2, 0.25) is 0 Å². The minimum Gasteiger partial charge on any atom is -0.378 e. The zero-order valence-corrected chi connectivity index (χ0v) is 17.2. The summed E-state index contributed by atoms with van der Waals surface area (Å²) in [4.78, 5) is 0.987. The van der Waals surface area contributed by atoms with Gasteiger partial charge in [0.1, 0.15) is 0 Å². The Labute approximate surface area is 158 Å². The van der Waals surface area contributed by atoms with Gasteiger partial charge < -0.3 is 5.32 Å². The highest BCUT2D eigenvalue weighted by Crippen LogP contribution is 2.35. The van der Waals surface area contributed by atoms with Gasteiger partial charge in [-0.3, -0.25) is 0 Å². The van der Waals surface area contributed by atoms with Gasteiger partial charge in [-0.25, -0.2) is 0 Å². The molecule has 25 heavy (non-hydrogen) atoms. The first-order valence-electron chi connectivity index (χ1n) is 8.72. The molecule has 3 rings (SSSR count). The summed E-state index contributed by atoms with van der Waals surface area (Å²) in [7, 11) is 0.893. The molecule has 0 fully saturated rings. The number of aryl methyl sites for hydroxylation is 2. The first kappa shape index (κ1) is 18.3. The van der Waals surface area contributed by atoms with Gasteiger partial charge in [-0.1, -0.05) is 38.7 Å². The molecule has 0 saturated carbocycles. The number of anilines is 1. The molecule has 1 aliphatic heterocycles. The van der Waals surface area contributed by atoms with Gasteiger partial charge in [0.2, 0.25) is 0 Å². The summed E-state index contributed by atoms with van der Waals surface area (Å²) in [6.07, 6.45) is 3.43. The van der Waals surface area contributed by atoms with Gasteiger partial charge in [0.25, 0.3) is 0 Å². The Morgan fingerprint density at radius 3 is 2.56 bits per heavy atom. The summed E-state index contributed by atoms with van der Waals surface area (Å²) >= 11 is 4.47. The van der Waals surface area contributed by atoms with Gasteiger partial charge in [0, 0.05) is 16.6 Å². The summed E-state index contributed by atoms with van der Waals surface area (Å²) < 4.78 is 0. The maximum absolute atomic E-state index is 4.47. The van der Waals surface area contributed by atoms with Crippen molar-refractivity contribution in [3.05, 3.63) is 76.1 Å². The highest BCUT2D eigenvalue weighted by molar-refractivity contribution is 7.80. The highest BCUT2D eigenvalue weighted by atomic mass is 32.1. The van der Waals surface area contributed by atoms with Crippen LogP contribution in [0.3, 0.4) is 0 Å². The molecule has 0 radical (unpaired) electrons. The number of hydrogen-bond acceptors (Lipinski definition) is 2. The molecule has 0 saturated heterocycles. The molecule has 2 unspecified atom stereocenters. The van der Waals surface area contributed by atoms with Crippen LogP contribution in [-0.2, 0) is 0 Å². The van der Waals surface area contributed by atoms with E-state index in [-0.39, 0.29) is 6.04 Å². The van der Waals surface area contributed by atoms with E-state index < -0.39 is 0 Å². The Bertz CT molecular complexity index is 851.